The smallest absolute Gasteiger partial charge is 0.262 e. The molecule has 0 radical (unpaired) electrons. The number of hydrogen-bond acceptors (Lipinski definition) is 3. The second kappa shape index (κ2) is 7.48. The maximum Gasteiger partial charge on any atom is 0.262 e. The number of nitrogens with one attached hydrogen (secondary N) is 1. The number of carbonyl (C=O) groups excluding carboxylic acids is 1. The van der Waals surface area contributed by atoms with E-state index in [9.17, 15) is 14.4 Å². The summed E-state index contributed by atoms with van der Waals surface area (Å²) in [6, 6.07) is 7.01. The van der Waals surface area contributed by atoms with Gasteiger partial charge in [-0.1, -0.05) is 12.8 Å². The standard InChI is InChI=1S/C19H22FN3O/c20-18-12-17(23-9-3-4-10-23)8-7-14(18)11-15(13-21)19(24)22-16-5-1-2-6-16/h7-8,11-12,16H,1-6,9-10H2,(H,22,24)/b15-11-. The van der Waals surface area contributed by atoms with Crippen molar-refractivity contribution in [3.8, 4) is 6.07 Å². The van der Waals surface area contributed by atoms with Gasteiger partial charge in [0.1, 0.15) is 17.5 Å². The molecule has 0 bridgehead atoms. The number of anilines is 1. The van der Waals surface area contributed by atoms with Gasteiger partial charge < -0.3 is 10.2 Å². The summed E-state index contributed by atoms with van der Waals surface area (Å²) in [4.78, 5) is 14.3. The molecule has 1 saturated carbocycles. The molecule has 5 heteroatoms. The quantitative estimate of drug-likeness (QED) is 0.681. The molecule has 1 heterocycles. The Morgan fingerprint density at radius 1 is 1.25 bits per heavy atom. The van der Waals surface area contributed by atoms with E-state index in [1.807, 2.05) is 12.1 Å². The molecule has 0 atom stereocenters. The number of nitriles is 1. The highest BCUT2D eigenvalue weighted by Crippen LogP contribution is 2.24. The van der Waals surface area contributed by atoms with Gasteiger partial charge in [-0.05, 0) is 50.0 Å². The van der Waals surface area contributed by atoms with Crippen LogP contribution in [0, 0.1) is 17.1 Å². The molecule has 2 fully saturated rings. The molecule has 1 amide bonds. The lowest BCUT2D eigenvalue weighted by molar-refractivity contribution is -0.117. The molecule has 1 aliphatic heterocycles. The second-order valence-electron chi connectivity index (χ2n) is 6.52. The van der Waals surface area contributed by atoms with Crippen molar-refractivity contribution in [1.29, 1.82) is 5.26 Å². The molecule has 24 heavy (non-hydrogen) atoms. The van der Waals surface area contributed by atoms with Crippen molar-refractivity contribution < 1.29 is 9.18 Å². The molecular weight excluding hydrogens is 305 g/mol. The normalized spacial score (nSPS) is 18.7. The van der Waals surface area contributed by atoms with Gasteiger partial charge in [0.15, 0.2) is 0 Å². The molecule has 1 saturated heterocycles. The summed E-state index contributed by atoms with van der Waals surface area (Å²) in [6.07, 6.45) is 7.69. The Morgan fingerprint density at radius 3 is 2.58 bits per heavy atom. The summed E-state index contributed by atoms with van der Waals surface area (Å²) in [7, 11) is 0. The molecule has 0 aromatic heterocycles. The third-order valence-corrected chi connectivity index (χ3v) is 4.81. The summed E-state index contributed by atoms with van der Waals surface area (Å²) in [5, 5.41) is 12.1. The average Bonchev–Trinajstić information content (AvgIpc) is 3.27. The van der Waals surface area contributed by atoms with Crippen LogP contribution in [0.4, 0.5) is 10.1 Å². The minimum absolute atomic E-state index is 0.0466. The minimum Gasteiger partial charge on any atom is -0.371 e. The number of hydrogen-bond donors (Lipinski definition) is 1. The van der Waals surface area contributed by atoms with E-state index in [0.717, 1.165) is 57.3 Å². The number of halogens is 1. The van der Waals surface area contributed by atoms with E-state index >= 15 is 0 Å². The SMILES string of the molecule is N#C/C(=C/c1ccc(N2CCCC2)cc1F)C(=O)NC1CCCC1. The zero-order chi connectivity index (χ0) is 16.9. The first-order chi connectivity index (χ1) is 11.7. The van der Waals surface area contributed by atoms with Crippen LogP contribution in [0.3, 0.4) is 0 Å². The summed E-state index contributed by atoms with van der Waals surface area (Å²) < 4.78 is 14.4. The number of rotatable bonds is 4. The van der Waals surface area contributed by atoms with Crippen molar-refractivity contribution in [2.24, 2.45) is 0 Å². The summed E-state index contributed by atoms with van der Waals surface area (Å²) >= 11 is 0. The Morgan fingerprint density at radius 2 is 1.96 bits per heavy atom. The van der Waals surface area contributed by atoms with E-state index < -0.39 is 11.7 Å². The van der Waals surface area contributed by atoms with Crippen LogP contribution < -0.4 is 10.2 Å². The van der Waals surface area contributed by atoms with Crippen molar-refractivity contribution >= 4 is 17.7 Å². The lowest BCUT2D eigenvalue weighted by Gasteiger charge is -2.18. The van der Waals surface area contributed by atoms with E-state index in [-0.39, 0.29) is 17.2 Å². The van der Waals surface area contributed by atoms with E-state index in [1.54, 1.807) is 6.07 Å². The second-order valence-corrected chi connectivity index (χ2v) is 6.52. The van der Waals surface area contributed by atoms with Gasteiger partial charge in [0.25, 0.3) is 5.91 Å². The fourth-order valence-corrected chi connectivity index (χ4v) is 3.44. The third-order valence-electron chi connectivity index (χ3n) is 4.81. The molecule has 1 N–H and O–H groups in total. The van der Waals surface area contributed by atoms with Crippen LogP contribution >= 0.6 is 0 Å². The summed E-state index contributed by atoms with van der Waals surface area (Å²) in [5.74, 6) is -0.812. The average molecular weight is 327 g/mol. The molecule has 1 aliphatic carbocycles. The van der Waals surface area contributed by atoms with Crippen molar-refractivity contribution in [2.75, 3.05) is 18.0 Å². The Balaban J connectivity index is 1.74. The van der Waals surface area contributed by atoms with E-state index in [2.05, 4.69) is 10.2 Å². The van der Waals surface area contributed by atoms with Gasteiger partial charge >= 0.3 is 0 Å². The van der Waals surface area contributed by atoms with E-state index in [0.29, 0.717) is 0 Å². The third kappa shape index (κ3) is 3.76. The maximum atomic E-state index is 14.4. The zero-order valence-corrected chi connectivity index (χ0v) is 13.7. The maximum absolute atomic E-state index is 14.4. The number of amides is 1. The predicted octanol–water partition coefficient (Wildman–Crippen LogP) is 3.39. The number of benzene rings is 1. The van der Waals surface area contributed by atoms with Crippen LogP contribution in [0.25, 0.3) is 6.08 Å². The highest BCUT2D eigenvalue weighted by Gasteiger charge is 2.20. The van der Waals surface area contributed by atoms with Gasteiger partial charge in [0.05, 0.1) is 0 Å². The Hall–Kier alpha value is -2.35. The Bertz CT molecular complexity index is 680. The van der Waals surface area contributed by atoms with Gasteiger partial charge in [0, 0.05) is 30.4 Å². The largest absolute Gasteiger partial charge is 0.371 e. The first-order valence-corrected chi connectivity index (χ1v) is 8.64. The molecule has 4 nitrogen and oxygen atoms in total. The van der Waals surface area contributed by atoms with Crippen LogP contribution in [0.15, 0.2) is 23.8 Å². The minimum atomic E-state index is -0.410. The van der Waals surface area contributed by atoms with Crippen LogP contribution in [-0.4, -0.2) is 25.0 Å². The molecule has 0 spiro atoms. The van der Waals surface area contributed by atoms with Gasteiger partial charge in [-0.3, -0.25) is 4.79 Å². The van der Waals surface area contributed by atoms with Crippen molar-refractivity contribution in [1.82, 2.24) is 5.32 Å². The summed E-state index contributed by atoms with van der Waals surface area (Å²) in [6.45, 7) is 1.89. The zero-order valence-electron chi connectivity index (χ0n) is 13.7. The van der Waals surface area contributed by atoms with Gasteiger partial charge in [-0.15, -0.1) is 0 Å². The Labute approximate surface area is 142 Å². The van der Waals surface area contributed by atoms with Gasteiger partial charge in [-0.2, -0.15) is 5.26 Å². The topological polar surface area (TPSA) is 56.1 Å². The first kappa shape index (κ1) is 16.5. The van der Waals surface area contributed by atoms with E-state index in [1.165, 1.54) is 12.1 Å². The van der Waals surface area contributed by atoms with Crippen LogP contribution in [0.5, 0.6) is 0 Å². The van der Waals surface area contributed by atoms with E-state index in [4.69, 9.17) is 0 Å². The number of nitrogens with zero attached hydrogens (tertiary/aromatic N) is 2. The molecule has 2 aliphatic rings. The highest BCUT2D eigenvalue weighted by atomic mass is 19.1. The summed E-state index contributed by atoms with van der Waals surface area (Å²) in [5.41, 5.74) is 1.09. The fourth-order valence-electron chi connectivity index (χ4n) is 3.44. The lowest BCUT2D eigenvalue weighted by atomic mass is 10.1. The van der Waals surface area contributed by atoms with Crippen LogP contribution in [-0.2, 0) is 4.79 Å². The molecule has 0 unspecified atom stereocenters. The van der Waals surface area contributed by atoms with Gasteiger partial charge in [-0.25, -0.2) is 4.39 Å². The van der Waals surface area contributed by atoms with Gasteiger partial charge in [0.2, 0.25) is 0 Å². The molecule has 1 aromatic rings. The number of carbonyl (C=O) groups is 1. The lowest BCUT2D eigenvalue weighted by Crippen LogP contribution is -2.33. The predicted molar refractivity (Wildman–Crippen MR) is 91.8 cm³/mol. The van der Waals surface area contributed by atoms with Crippen LogP contribution in [0.1, 0.15) is 44.1 Å². The molecule has 126 valence electrons. The van der Waals surface area contributed by atoms with Crippen molar-refractivity contribution in [3.63, 3.8) is 0 Å². The fraction of sp³-hybridized carbons (Fsp3) is 0.474. The van der Waals surface area contributed by atoms with Crippen molar-refractivity contribution in [2.45, 2.75) is 44.6 Å². The molecule has 1 aromatic carbocycles. The highest BCUT2D eigenvalue weighted by molar-refractivity contribution is 6.01. The first-order valence-electron chi connectivity index (χ1n) is 8.64. The molecular formula is C19H22FN3O. The monoisotopic (exact) mass is 327 g/mol. The van der Waals surface area contributed by atoms with Crippen molar-refractivity contribution in [3.05, 3.63) is 35.2 Å². The Kier molecular flexibility index (Phi) is 5.14. The van der Waals surface area contributed by atoms with Crippen LogP contribution in [0.2, 0.25) is 0 Å². The molecule has 3 rings (SSSR count).